The monoisotopic (exact) mass is 509 g/mol. The van der Waals surface area contributed by atoms with Gasteiger partial charge in [0.1, 0.15) is 0 Å². The Balaban J connectivity index is 5.63. The van der Waals surface area contributed by atoms with E-state index in [-0.39, 0.29) is 5.92 Å². The standard InChI is InChI=1S/C34H68O2/c1-6-11-16-20-25-30(24-15-10-5)31(26-21-17-12-7-2)29-32(27-22-18-13-8-3)33(34(35)36)28-23-19-14-9-4/h30-33H,6-29H2,1-5H3,(H,35,36). The number of aliphatic carboxylic acids is 1. The molecule has 2 nitrogen and oxygen atoms in total. The van der Waals surface area contributed by atoms with E-state index >= 15 is 0 Å². The Kier molecular flexibility index (Phi) is 25.7. The number of hydrogen-bond acceptors (Lipinski definition) is 1. The highest BCUT2D eigenvalue weighted by Gasteiger charge is 2.32. The highest BCUT2D eigenvalue weighted by molar-refractivity contribution is 5.70. The van der Waals surface area contributed by atoms with Gasteiger partial charge in [-0.3, -0.25) is 4.79 Å². The Morgan fingerprint density at radius 2 is 0.806 bits per heavy atom. The molecule has 216 valence electrons. The zero-order valence-corrected chi connectivity index (χ0v) is 25.6. The lowest BCUT2D eigenvalue weighted by Crippen LogP contribution is -2.28. The highest BCUT2D eigenvalue weighted by atomic mass is 16.4. The predicted molar refractivity (Wildman–Crippen MR) is 161 cm³/mol. The fourth-order valence-corrected chi connectivity index (χ4v) is 6.35. The number of carbonyl (C=O) groups is 1. The highest BCUT2D eigenvalue weighted by Crippen LogP contribution is 2.39. The first-order chi connectivity index (χ1) is 17.5. The van der Waals surface area contributed by atoms with Gasteiger partial charge in [-0.15, -0.1) is 0 Å². The topological polar surface area (TPSA) is 37.3 Å². The summed E-state index contributed by atoms with van der Waals surface area (Å²) in [6.07, 6.45) is 30.4. The summed E-state index contributed by atoms with van der Waals surface area (Å²) in [7, 11) is 0. The molecule has 0 amide bonds. The Morgan fingerprint density at radius 1 is 0.444 bits per heavy atom. The fourth-order valence-electron chi connectivity index (χ4n) is 6.35. The molecule has 0 aromatic rings. The van der Waals surface area contributed by atoms with Crippen molar-refractivity contribution < 1.29 is 9.90 Å². The van der Waals surface area contributed by atoms with Gasteiger partial charge in [0.05, 0.1) is 5.92 Å². The number of unbranched alkanes of at least 4 members (excludes halogenated alkanes) is 13. The van der Waals surface area contributed by atoms with Crippen molar-refractivity contribution in [1.82, 2.24) is 0 Å². The molecule has 0 fully saturated rings. The van der Waals surface area contributed by atoms with E-state index in [4.69, 9.17) is 0 Å². The molecule has 2 heteroatoms. The molecular formula is C34H68O2. The van der Waals surface area contributed by atoms with Gasteiger partial charge in [-0.05, 0) is 37.0 Å². The van der Waals surface area contributed by atoms with Gasteiger partial charge < -0.3 is 5.11 Å². The van der Waals surface area contributed by atoms with Gasteiger partial charge in [-0.25, -0.2) is 0 Å². The first-order valence-electron chi connectivity index (χ1n) is 16.8. The van der Waals surface area contributed by atoms with Crippen molar-refractivity contribution in [3.05, 3.63) is 0 Å². The number of hydrogen-bond donors (Lipinski definition) is 1. The summed E-state index contributed by atoms with van der Waals surface area (Å²) in [6.45, 7) is 11.5. The van der Waals surface area contributed by atoms with E-state index < -0.39 is 5.97 Å². The van der Waals surface area contributed by atoms with Gasteiger partial charge in [0, 0.05) is 0 Å². The minimum atomic E-state index is -0.509. The summed E-state index contributed by atoms with van der Waals surface area (Å²) in [6, 6.07) is 0. The van der Waals surface area contributed by atoms with E-state index in [1.807, 2.05) is 0 Å². The van der Waals surface area contributed by atoms with Crippen LogP contribution in [0.4, 0.5) is 0 Å². The molecular weight excluding hydrogens is 440 g/mol. The van der Waals surface area contributed by atoms with E-state index in [0.717, 1.165) is 31.1 Å². The molecule has 36 heavy (non-hydrogen) atoms. The average molecular weight is 509 g/mol. The second-order valence-electron chi connectivity index (χ2n) is 12.0. The van der Waals surface area contributed by atoms with Crippen LogP contribution in [0.25, 0.3) is 0 Å². The summed E-state index contributed by atoms with van der Waals surface area (Å²) >= 11 is 0. The van der Waals surface area contributed by atoms with Gasteiger partial charge in [0.2, 0.25) is 0 Å². The molecule has 0 spiro atoms. The van der Waals surface area contributed by atoms with Crippen molar-refractivity contribution in [2.45, 2.75) is 189 Å². The first kappa shape index (κ1) is 35.5. The zero-order valence-electron chi connectivity index (χ0n) is 25.6. The van der Waals surface area contributed by atoms with Gasteiger partial charge in [0.25, 0.3) is 0 Å². The quantitative estimate of drug-likeness (QED) is 0.107. The molecule has 0 aromatic heterocycles. The minimum Gasteiger partial charge on any atom is -0.481 e. The minimum absolute atomic E-state index is 0.131. The maximum atomic E-state index is 12.6. The van der Waals surface area contributed by atoms with E-state index in [1.165, 1.54) is 135 Å². The zero-order chi connectivity index (χ0) is 26.9. The van der Waals surface area contributed by atoms with Crippen LogP contribution in [0.3, 0.4) is 0 Å². The Labute approximate surface area is 228 Å². The maximum Gasteiger partial charge on any atom is 0.306 e. The van der Waals surface area contributed by atoms with Gasteiger partial charge in [-0.1, -0.05) is 169 Å². The first-order valence-corrected chi connectivity index (χ1v) is 16.8. The van der Waals surface area contributed by atoms with Gasteiger partial charge in [0.15, 0.2) is 0 Å². The molecule has 1 N–H and O–H groups in total. The molecule has 0 saturated heterocycles. The van der Waals surface area contributed by atoms with Gasteiger partial charge >= 0.3 is 5.97 Å². The lowest BCUT2D eigenvalue weighted by molar-refractivity contribution is -0.144. The van der Waals surface area contributed by atoms with E-state index in [2.05, 4.69) is 34.6 Å². The molecule has 0 aromatic carbocycles. The van der Waals surface area contributed by atoms with Crippen LogP contribution in [0.5, 0.6) is 0 Å². The fraction of sp³-hybridized carbons (Fsp3) is 0.971. The Hall–Kier alpha value is -0.530. The van der Waals surface area contributed by atoms with Crippen LogP contribution >= 0.6 is 0 Å². The molecule has 0 heterocycles. The Morgan fingerprint density at radius 3 is 1.22 bits per heavy atom. The van der Waals surface area contributed by atoms with E-state index in [0.29, 0.717) is 5.92 Å². The third kappa shape index (κ3) is 18.7. The molecule has 4 atom stereocenters. The van der Waals surface area contributed by atoms with Crippen molar-refractivity contribution in [3.63, 3.8) is 0 Å². The largest absolute Gasteiger partial charge is 0.481 e. The van der Waals surface area contributed by atoms with Gasteiger partial charge in [-0.2, -0.15) is 0 Å². The summed E-state index contributed by atoms with van der Waals surface area (Å²) < 4.78 is 0. The predicted octanol–water partition coefficient (Wildman–Crippen LogP) is 12.0. The van der Waals surface area contributed by atoms with E-state index in [9.17, 15) is 9.90 Å². The SMILES string of the molecule is CCCCCCC(CCCC)C(CCCCCC)CC(CCCCCC)C(CCCCCC)C(=O)O. The molecule has 0 radical (unpaired) electrons. The summed E-state index contributed by atoms with van der Waals surface area (Å²) in [5.41, 5.74) is 0. The van der Waals surface area contributed by atoms with Crippen LogP contribution < -0.4 is 0 Å². The van der Waals surface area contributed by atoms with Crippen LogP contribution in [0.2, 0.25) is 0 Å². The van der Waals surface area contributed by atoms with E-state index in [1.54, 1.807) is 0 Å². The van der Waals surface area contributed by atoms with Crippen molar-refractivity contribution >= 4 is 5.97 Å². The van der Waals surface area contributed by atoms with Crippen LogP contribution in [0.15, 0.2) is 0 Å². The van der Waals surface area contributed by atoms with Crippen LogP contribution in [-0.4, -0.2) is 11.1 Å². The molecule has 0 saturated carbocycles. The smallest absolute Gasteiger partial charge is 0.306 e. The number of carboxylic acids is 1. The molecule has 0 aliphatic carbocycles. The molecule has 0 aliphatic heterocycles. The van der Waals surface area contributed by atoms with Crippen LogP contribution in [0.1, 0.15) is 189 Å². The molecule has 0 aliphatic rings. The maximum absolute atomic E-state index is 12.6. The molecule has 0 bridgehead atoms. The third-order valence-corrected chi connectivity index (χ3v) is 8.74. The van der Waals surface area contributed by atoms with Crippen LogP contribution in [0, 0.1) is 23.7 Å². The second kappa shape index (κ2) is 26.1. The normalized spacial score (nSPS) is 15.0. The van der Waals surface area contributed by atoms with Crippen LogP contribution in [-0.2, 0) is 4.79 Å². The second-order valence-corrected chi connectivity index (χ2v) is 12.0. The molecule has 0 rings (SSSR count). The summed E-state index contributed by atoms with van der Waals surface area (Å²) in [4.78, 5) is 12.6. The Bertz CT molecular complexity index is 460. The van der Waals surface area contributed by atoms with Crippen molar-refractivity contribution in [3.8, 4) is 0 Å². The lowest BCUT2D eigenvalue weighted by Gasteiger charge is -2.34. The average Bonchev–Trinajstić information content (AvgIpc) is 2.87. The number of rotatable bonds is 28. The van der Waals surface area contributed by atoms with Crippen molar-refractivity contribution in [2.24, 2.45) is 23.7 Å². The van der Waals surface area contributed by atoms with Crippen molar-refractivity contribution in [2.75, 3.05) is 0 Å². The third-order valence-electron chi connectivity index (χ3n) is 8.74. The van der Waals surface area contributed by atoms with Crippen molar-refractivity contribution in [1.29, 1.82) is 0 Å². The summed E-state index contributed by atoms with van der Waals surface area (Å²) in [5, 5.41) is 10.3. The number of carboxylic acid groups (broad SMARTS) is 1. The molecule has 4 unspecified atom stereocenters. The lowest BCUT2D eigenvalue weighted by atomic mass is 9.71. The summed E-state index contributed by atoms with van der Waals surface area (Å²) in [5.74, 6) is 1.26.